The van der Waals surface area contributed by atoms with E-state index in [1.807, 2.05) is 42.5 Å². The van der Waals surface area contributed by atoms with Crippen LogP contribution < -0.4 is 15.0 Å². The molecule has 0 unspecified atom stereocenters. The number of methoxy groups -OCH3 is 1. The Morgan fingerprint density at radius 3 is 2.59 bits per heavy atom. The molecule has 0 atom stereocenters. The van der Waals surface area contributed by atoms with Crippen molar-refractivity contribution in [2.75, 3.05) is 7.11 Å². The Labute approximate surface area is 135 Å². The Morgan fingerprint density at radius 1 is 1.09 bits per heavy atom. The monoisotopic (exact) mass is 359 g/mol. The molecular weight excluding hydrogens is 346 g/mol. The van der Waals surface area contributed by atoms with Gasteiger partial charge in [-0.05, 0) is 33.6 Å². The molecule has 0 amide bonds. The molecule has 4 nitrogen and oxygen atoms in total. The van der Waals surface area contributed by atoms with Crippen molar-refractivity contribution in [1.82, 2.24) is 4.98 Å². The summed E-state index contributed by atoms with van der Waals surface area (Å²) in [6.45, 7) is 0.384. The van der Waals surface area contributed by atoms with Crippen molar-refractivity contribution >= 4 is 26.8 Å². The highest BCUT2D eigenvalue weighted by atomic mass is 79.9. The van der Waals surface area contributed by atoms with Gasteiger partial charge in [-0.3, -0.25) is 4.79 Å². The summed E-state index contributed by atoms with van der Waals surface area (Å²) in [7, 11) is 1.57. The number of rotatable bonds is 4. The fraction of sp³-hybridized carbons (Fsp3) is 0.118. The summed E-state index contributed by atoms with van der Waals surface area (Å²) in [6.07, 6.45) is 0. The highest BCUT2D eigenvalue weighted by Gasteiger charge is 2.14. The highest BCUT2D eigenvalue weighted by molar-refractivity contribution is 9.10. The normalized spacial score (nSPS) is 10.6. The van der Waals surface area contributed by atoms with Crippen LogP contribution in [0.5, 0.6) is 11.5 Å². The van der Waals surface area contributed by atoms with Crippen molar-refractivity contribution in [1.29, 1.82) is 0 Å². The standard InChI is InChI=1S/C17H14BrNO3/c1-21-13-9-5-8-12-15(13)19-17(20)14(18)16(12)22-10-11-6-3-2-4-7-11/h2-9H,10H2,1H3,(H,19,20). The Hall–Kier alpha value is -2.27. The first-order valence-electron chi connectivity index (χ1n) is 6.76. The smallest absolute Gasteiger partial charge is 0.266 e. The first-order chi connectivity index (χ1) is 10.7. The molecule has 1 aromatic heterocycles. The number of nitrogens with one attached hydrogen (secondary N) is 1. The van der Waals surface area contributed by atoms with Gasteiger partial charge in [-0.2, -0.15) is 0 Å². The molecular formula is C17H14BrNO3. The van der Waals surface area contributed by atoms with E-state index in [9.17, 15) is 4.79 Å². The second-order valence-corrected chi connectivity index (χ2v) is 5.55. The van der Waals surface area contributed by atoms with Crippen LogP contribution in [0.1, 0.15) is 5.56 Å². The van der Waals surface area contributed by atoms with E-state index in [0.717, 1.165) is 10.9 Å². The Kier molecular flexibility index (Phi) is 4.15. The molecule has 1 N–H and O–H groups in total. The maximum Gasteiger partial charge on any atom is 0.266 e. The van der Waals surface area contributed by atoms with Gasteiger partial charge in [0.2, 0.25) is 0 Å². The Bertz CT molecular complexity index is 859. The molecule has 22 heavy (non-hydrogen) atoms. The van der Waals surface area contributed by atoms with E-state index in [-0.39, 0.29) is 5.56 Å². The lowest BCUT2D eigenvalue weighted by Crippen LogP contribution is -2.10. The van der Waals surface area contributed by atoms with Gasteiger partial charge in [-0.25, -0.2) is 0 Å². The van der Waals surface area contributed by atoms with Gasteiger partial charge < -0.3 is 14.5 Å². The van der Waals surface area contributed by atoms with Crippen LogP contribution in [0.25, 0.3) is 10.9 Å². The summed E-state index contributed by atoms with van der Waals surface area (Å²) in [5.41, 5.74) is 1.41. The summed E-state index contributed by atoms with van der Waals surface area (Å²) in [6, 6.07) is 15.4. The molecule has 112 valence electrons. The number of para-hydroxylation sites is 1. The number of pyridine rings is 1. The number of hydrogen-bond acceptors (Lipinski definition) is 3. The number of aromatic nitrogens is 1. The molecule has 2 aromatic carbocycles. The number of fused-ring (bicyclic) bond motifs is 1. The van der Waals surface area contributed by atoms with Gasteiger partial charge in [0.25, 0.3) is 5.56 Å². The summed E-state index contributed by atoms with van der Waals surface area (Å²) in [5.74, 6) is 1.12. The van der Waals surface area contributed by atoms with Crippen molar-refractivity contribution in [3.63, 3.8) is 0 Å². The molecule has 0 saturated carbocycles. The van der Waals surface area contributed by atoms with Crippen LogP contribution in [0.15, 0.2) is 57.8 Å². The van der Waals surface area contributed by atoms with Crippen LogP contribution >= 0.6 is 15.9 Å². The number of H-pyrrole nitrogens is 1. The number of halogens is 1. The van der Waals surface area contributed by atoms with Crippen molar-refractivity contribution in [3.8, 4) is 11.5 Å². The molecule has 0 aliphatic heterocycles. The zero-order valence-electron chi connectivity index (χ0n) is 11.9. The molecule has 0 radical (unpaired) electrons. The fourth-order valence-corrected chi connectivity index (χ4v) is 2.71. The second kappa shape index (κ2) is 6.23. The van der Waals surface area contributed by atoms with E-state index in [2.05, 4.69) is 20.9 Å². The van der Waals surface area contributed by atoms with E-state index in [1.165, 1.54) is 0 Å². The molecule has 3 rings (SSSR count). The van der Waals surface area contributed by atoms with Gasteiger partial charge in [-0.1, -0.05) is 36.4 Å². The topological polar surface area (TPSA) is 51.3 Å². The van der Waals surface area contributed by atoms with Crippen LogP contribution in [0.3, 0.4) is 0 Å². The third-order valence-corrected chi connectivity index (χ3v) is 4.07. The second-order valence-electron chi connectivity index (χ2n) is 4.75. The van der Waals surface area contributed by atoms with Crippen LogP contribution in [-0.2, 0) is 6.61 Å². The maximum absolute atomic E-state index is 12.1. The molecule has 0 bridgehead atoms. The minimum atomic E-state index is -0.250. The lowest BCUT2D eigenvalue weighted by Gasteiger charge is -2.12. The maximum atomic E-state index is 12.1. The Morgan fingerprint density at radius 2 is 1.86 bits per heavy atom. The van der Waals surface area contributed by atoms with Crippen LogP contribution in [0.4, 0.5) is 0 Å². The molecule has 3 aromatic rings. The van der Waals surface area contributed by atoms with Gasteiger partial charge in [0, 0.05) is 5.39 Å². The number of aromatic amines is 1. The SMILES string of the molecule is COc1cccc2c(OCc3ccccc3)c(Br)c(=O)[nH]c12. The minimum absolute atomic E-state index is 0.250. The van der Waals surface area contributed by atoms with Crippen LogP contribution in [-0.4, -0.2) is 12.1 Å². The molecule has 0 spiro atoms. The Balaban J connectivity index is 2.08. The van der Waals surface area contributed by atoms with Crippen molar-refractivity contribution in [2.24, 2.45) is 0 Å². The summed E-state index contributed by atoms with van der Waals surface area (Å²) in [4.78, 5) is 14.9. The van der Waals surface area contributed by atoms with Crippen molar-refractivity contribution in [3.05, 3.63) is 68.9 Å². The highest BCUT2D eigenvalue weighted by Crippen LogP contribution is 2.34. The zero-order chi connectivity index (χ0) is 15.5. The van der Waals surface area contributed by atoms with E-state index >= 15 is 0 Å². The number of benzene rings is 2. The first kappa shape index (κ1) is 14.7. The quantitative estimate of drug-likeness (QED) is 0.768. The first-order valence-corrected chi connectivity index (χ1v) is 7.55. The molecule has 0 saturated heterocycles. The molecule has 1 heterocycles. The van der Waals surface area contributed by atoms with Crippen LogP contribution in [0.2, 0.25) is 0 Å². The molecule has 0 aliphatic carbocycles. The van der Waals surface area contributed by atoms with Crippen LogP contribution in [0, 0.1) is 0 Å². The largest absolute Gasteiger partial charge is 0.495 e. The fourth-order valence-electron chi connectivity index (χ4n) is 2.28. The average Bonchev–Trinajstić information content (AvgIpc) is 2.56. The van der Waals surface area contributed by atoms with E-state index in [0.29, 0.717) is 28.1 Å². The van der Waals surface area contributed by atoms with Gasteiger partial charge in [-0.15, -0.1) is 0 Å². The number of ether oxygens (including phenoxy) is 2. The predicted molar refractivity (Wildman–Crippen MR) is 89.6 cm³/mol. The number of hydrogen-bond donors (Lipinski definition) is 1. The van der Waals surface area contributed by atoms with Gasteiger partial charge >= 0.3 is 0 Å². The van der Waals surface area contributed by atoms with E-state index < -0.39 is 0 Å². The lowest BCUT2D eigenvalue weighted by molar-refractivity contribution is 0.307. The van der Waals surface area contributed by atoms with Crippen molar-refractivity contribution in [2.45, 2.75) is 6.61 Å². The molecule has 0 fully saturated rings. The third kappa shape index (κ3) is 2.72. The zero-order valence-corrected chi connectivity index (χ0v) is 13.5. The van der Waals surface area contributed by atoms with Gasteiger partial charge in [0.1, 0.15) is 22.6 Å². The summed E-state index contributed by atoms with van der Waals surface area (Å²) < 4.78 is 11.6. The summed E-state index contributed by atoms with van der Waals surface area (Å²) in [5, 5.41) is 0.793. The summed E-state index contributed by atoms with van der Waals surface area (Å²) >= 11 is 3.31. The minimum Gasteiger partial charge on any atom is -0.495 e. The average molecular weight is 360 g/mol. The van der Waals surface area contributed by atoms with Gasteiger partial charge in [0.15, 0.2) is 0 Å². The lowest BCUT2D eigenvalue weighted by atomic mass is 10.2. The molecule has 5 heteroatoms. The predicted octanol–water partition coefficient (Wildman–Crippen LogP) is 3.88. The molecule has 0 aliphatic rings. The van der Waals surface area contributed by atoms with Crippen molar-refractivity contribution < 1.29 is 9.47 Å². The van der Waals surface area contributed by atoms with E-state index in [1.54, 1.807) is 13.2 Å². The third-order valence-electron chi connectivity index (χ3n) is 3.35. The van der Waals surface area contributed by atoms with Gasteiger partial charge in [0.05, 0.1) is 12.6 Å². The van der Waals surface area contributed by atoms with E-state index in [4.69, 9.17) is 9.47 Å².